The van der Waals surface area contributed by atoms with Crippen molar-refractivity contribution in [1.29, 1.82) is 0 Å². The summed E-state index contributed by atoms with van der Waals surface area (Å²) in [5.74, 6) is 1.65. The SMILES string of the molecule is COc1cc(NC(=S)N2CCN(c3nc4c(c(=O)n(C)c(=O)n4C)n3Cc3ccc(Cl)cc3)CC2)c(OC)cc1Cl. The van der Waals surface area contributed by atoms with Crippen LogP contribution in [0.25, 0.3) is 11.2 Å². The Kier molecular flexibility index (Phi) is 8.16. The summed E-state index contributed by atoms with van der Waals surface area (Å²) in [5, 5.41) is 4.83. The van der Waals surface area contributed by atoms with E-state index in [9.17, 15) is 9.59 Å². The minimum atomic E-state index is -0.430. The van der Waals surface area contributed by atoms with Crippen molar-refractivity contribution in [2.24, 2.45) is 14.1 Å². The fraction of sp³-hybridized carbons (Fsp3) is 0.333. The number of methoxy groups -OCH3 is 2. The maximum absolute atomic E-state index is 13.3. The molecule has 41 heavy (non-hydrogen) atoms. The van der Waals surface area contributed by atoms with Crippen LogP contribution >= 0.6 is 35.4 Å². The lowest BCUT2D eigenvalue weighted by Gasteiger charge is -2.37. The van der Waals surface area contributed by atoms with Gasteiger partial charge in [0.05, 0.1) is 31.5 Å². The molecule has 1 N–H and O–H groups in total. The molecule has 1 saturated heterocycles. The molecule has 0 atom stereocenters. The zero-order valence-electron chi connectivity index (χ0n) is 23.0. The number of fused-ring (bicyclic) bond motifs is 1. The Morgan fingerprint density at radius 3 is 2.27 bits per heavy atom. The molecule has 4 aromatic rings. The van der Waals surface area contributed by atoms with Gasteiger partial charge in [0.2, 0.25) is 5.95 Å². The molecule has 0 aliphatic carbocycles. The standard InChI is InChI=1S/C27H29Cl2N7O4S/c1-32-23-22(24(37)33(2)27(32)38)36(15-16-5-7-17(28)8-6-16)25(31-23)34-9-11-35(12-10-34)26(41)30-19-14-20(39-3)18(29)13-21(19)40-4/h5-8,13-14H,9-12,15H2,1-4H3,(H,30,41). The molecule has 216 valence electrons. The van der Waals surface area contributed by atoms with Crippen LogP contribution in [-0.4, -0.2) is 69.1 Å². The Hall–Kier alpha value is -3.74. The van der Waals surface area contributed by atoms with Crippen LogP contribution < -0.4 is 30.9 Å². The summed E-state index contributed by atoms with van der Waals surface area (Å²) in [6.45, 7) is 2.75. The van der Waals surface area contributed by atoms with Crippen molar-refractivity contribution in [3.05, 3.63) is 72.8 Å². The Morgan fingerprint density at radius 1 is 0.976 bits per heavy atom. The number of benzene rings is 2. The largest absolute Gasteiger partial charge is 0.495 e. The highest BCUT2D eigenvalue weighted by molar-refractivity contribution is 7.80. The summed E-state index contributed by atoms with van der Waals surface area (Å²) >= 11 is 18.1. The van der Waals surface area contributed by atoms with Crippen molar-refractivity contribution in [2.45, 2.75) is 6.54 Å². The molecule has 11 nitrogen and oxygen atoms in total. The first-order valence-corrected chi connectivity index (χ1v) is 13.9. The first-order chi connectivity index (χ1) is 19.6. The number of nitrogens with zero attached hydrogens (tertiary/aromatic N) is 6. The van der Waals surface area contributed by atoms with Gasteiger partial charge in [-0.25, -0.2) is 4.79 Å². The number of halogens is 2. The third-order valence-corrected chi connectivity index (χ3v) is 8.05. The van der Waals surface area contributed by atoms with Crippen LogP contribution in [0.1, 0.15) is 5.56 Å². The van der Waals surface area contributed by atoms with E-state index in [-0.39, 0.29) is 0 Å². The minimum Gasteiger partial charge on any atom is -0.495 e. The van der Waals surface area contributed by atoms with Gasteiger partial charge in [-0.3, -0.25) is 18.5 Å². The van der Waals surface area contributed by atoms with Gasteiger partial charge in [-0.2, -0.15) is 4.98 Å². The highest BCUT2D eigenvalue weighted by Crippen LogP contribution is 2.36. The molecule has 2 aromatic carbocycles. The molecule has 1 aliphatic heterocycles. The summed E-state index contributed by atoms with van der Waals surface area (Å²) < 4.78 is 15.2. The van der Waals surface area contributed by atoms with Crippen molar-refractivity contribution in [1.82, 2.24) is 23.6 Å². The van der Waals surface area contributed by atoms with E-state index in [0.717, 1.165) is 10.1 Å². The minimum absolute atomic E-state index is 0.338. The van der Waals surface area contributed by atoms with Crippen LogP contribution in [0, 0.1) is 0 Å². The van der Waals surface area contributed by atoms with Crippen LogP contribution in [0.2, 0.25) is 10.0 Å². The predicted octanol–water partition coefficient (Wildman–Crippen LogP) is 3.33. The second kappa shape index (κ2) is 11.6. The van der Waals surface area contributed by atoms with Gasteiger partial charge in [-0.05, 0) is 29.9 Å². The van der Waals surface area contributed by atoms with E-state index in [1.54, 1.807) is 33.4 Å². The number of nitrogens with one attached hydrogen (secondary N) is 1. The van der Waals surface area contributed by atoms with Crippen LogP contribution in [0.3, 0.4) is 0 Å². The van der Waals surface area contributed by atoms with Crippen molar-refractivity contribution < 1.29 is 9.47 Å². The highest BCUT2D eigenvalue weighted by atomic mass is 35.5. The van der Waals surface area contributed by atoms with Crippen LogP contribution in [0.4, 0.5) is 11.6 Å². The maximum Gasteiger partial charge on any atom is 0.332 e. The first kappa shape index (κ1) is 28.8. The van der Waals surface area contributed by atoms with Crippen LogP contribution in [-0.2, 0) is 20.6 Å². The van der Waals surface area contributed by atoms with E-state index in [0.29, 0.717) is 82.2 Å². The van der Waals surface area contributed by atoms with Gasteiger partial charge in [0.15, 0.2) is 16.3 Å². The third-order valence-electron chi connectivity index (χ3n) is 7.15. The average molecular weight is 619 g/mol. The van der Waals surface area contributed by atoms with Crippen molar-refractivity contribution in [3.63, 3.8) is 0 Å². The molecular formula is C27H29Cl2N7O4S. The lowest BCUT2D eigenvalue weighted by atomic mass is 10.2. The Morgan fingerprint density at radius 2 is 1.63 bits per heavy atom. The molecule has 5 rings (SSSR count). The van der Waals surface area contributed by atoms with Gasteiger partial charge < -0.3 is 24.6 Å². The van der Waals surface area contributed by atoms with E-state index in [2.05, 4.69) is 10.2 Å². The Bertz CT molecular complexity index is 1740. The first-order valence-electron chi connectivity index (χ1n) is 12.8. The lowest BCUT2D eigenvalue weighted by Crippen LogP contribution is -2.50. The molecule has 2 aromatic heterocycles. The zero-order valence-corrected chi connectivity index (χ0v) is 25.3. The van der Waals surface area contributed by atoms with E-state index >= 15 is 0 Å². The maximum atomic E-state index is 13.3. The van der Waals surface area contributed by atoms with E-state index in [1.165, 1.54) is 11.6 Å². The van der Waals surface area contributed by atoms with Gasteiger partial charge >= 0.3 is 5.69 Å². The van der Waals surface area contributed by atoms with Gasteiger partial charge in [0, 0.05) is 57.4 Å². The van der Waals surface area contributed by atoms with Crippen LogP contribution in [0.15, 0.2) is 46.0 Å². The smallest absolute Gasteiger partial charge is 0.332 e. The van der Waals surface area contributed by atoms with Gasteiger partial charge in [-0.15, -0.1) is 0 Å². The second-order valence-corrected chi connectivity index (χ2v) is 10.8. The normalized spacial score (nSPS) is 13.5. The molecule has 1 fully saturated rings. The van der Waals surface area contributed by atoms with E-state index in [1.807, 2.05) is 33.7 Å². The predicted molar refractivity (Wildman–Crippen MR) is 165 cm³/mol. The molecule has 0 radical (unpaired) electrons. The van der Waals surface area contributed by atoms with Gasteiger partial charge in [-0.1, -0.05) is 35.3 Å². The second-order valence-electron chi connectivity index (χ2n) is 9.59. The van der Waals surface area contributed by atoms with E-state index < -0.39 is 11.2 Å². The number of aryl methyl sites for hydroxylation is 1. The number of imidazole rings is 1. The topological polar surface area (TPSA) is 98.8 Å². The van der Waals surface area contributed by atoms with Crippen molar-refractivity contribution in [2.75, 3.05) is 50.6 Å². The lowest BCUT2D eigenvalue weighted by molar-refractivity contribution is 0.385. The number of hydrogen-bond donors (Lipinski definition) is 1. The number of rotatable bonds is 6. The number of aromatic nitrogens is 4. The molecule has 14 heteroatoms. The quantitative estimate of drug-likeness (QED) is 0.327. The van der Waals surface area contributed by atoms with Gasteiger partial charge in [0.25, 0.3) is 5.56 Å². The Balaban J connectivity index is 1.42. The molecule has 3 heterocycles. The molecular weight excluding hydrogens is 589 g/mol. The molecule has 0 unspecified atom stereocenters. The summed E-state index contributed by atoms with van der Waals surface area (Å²) in [5.41, 5.74) is 1.46. The third kappa shape index (κ3) is 5.46. The number of ether oxygens (including phenoxy) is 2. The number of piperazine rings is 1. The zero-order chi connectivity index (χ0) is 29.4. The molecule has 0 amide bonds. The fourth-order valence-corrected chi connectivity index (χ4v) is 5.51. The molecule has 0 bridgehead atoms. The highest BCUT2D eigenvalue weighted by Gasteiger charge is 2.27. The summed E-state index contributed by atoms with van der Waals surface area (Å²) in [6.07, 6.45) is 0. The number of thiocarbonyl (C=S) groups is 1. The molecule has 0 saturated carbocycles. The molecule has 1 aliphatic rings. The summed E-state index contributed by atoms with van der Waals surface area (Å²) in [7, 11) is 6.20. The van der Waals surface area contributed by atoms with E-state index in [4.69, 9.17) is 49.9 Å². The van der Waals surface area contributed by atoms with Crippen molar-refractivity contribution in [3.8, 4) is 11.5 Å². The van der Waals surface area contributed by atoms with Gasteiger partial charge in [0.1, 0.15) is 11.5 Å². The Labute approximate surface area is 251 Å². The monoisotopic (exact) mass is 617 g/mol. The van der Waals surface area contributed by atoms with Crippen LogP contribution in [0.5, 0.6) is 11.5 Å². The summed E-state index contributed by atoms with van der Waals surface area (Å²) in [6, 6.07) is 10.8. The van der Waals surface area contributed by atoms with Crippen molar-refractivity contribution >= 4 is 63.3 Å². The number of hydrogen-bond acceptors (Lipinski definition) is 7. The summed E-state index contributed by atoms with van der Waals surface area (Å²) in [4.78, 5) is 34.9. The number of anilines is 2. The average Bonchev–Trinajstić information content (AvgIpc) is 3.35. The fourth-order valence-electron chi connectivity index (χ4n) is 4.86. The molecule has 0 spiro atoms.